The molecule has 0 aliphatic carbocycles. The van der Waals surface area contributed by atoms with Crippen molar-refractivity contribution in [3.05, 3.63) is 64.7 Å². The van der Waals surface area contributed by atoms with E-state index in [4.69, 9.17) is 5.73 Å². The molecule has 0 aromatic heterocycles. The molecule has 0 bridgehead atoms. The maximum Gasteiger partial charge on any atom is 0.241 e. The van der Waals surface area contributed by atoms with Gasteiger partial charge >= 0.3 is 0 Å². The Bertz CT molecular complexity index is 747. The van der Waals surface area contributed by atoms with Crippen LogP contribution in [0.15, 0.2) is 42.5 Å². The van der Waals surface area contributed by atoms with Crippen molar-refractivity contribution in [3.8, 4) is 0 Å². The van der Waals surface area contributed by atoms with Gasteiger partial charge < -0.3 is 10.6 Å². The standard InChI is InChI=1S/C21H27N3O.2ClH/c1-16-10-17(2)12-20(11-16)24-9-8-23(15-21(24)25)14-19-5-3-4-18(13-19)6-7-22;;/h3-5,10-13H,6-9,14-15,22H2,1-2H3;2*1H. The van der Waals surface area contributed by atoms with Crippen LogP contribution < -0.4 is 10.6 Å². The zero-order valence-corrected chi connectivity index (χ0v) is 17.6. The van der Waals surface area contributed by atoms with Crippen LogP contribution in [0.5, 0.6) is 0 Å². The highest BCUT2D eigenvalue weighted by molar-refractivity contribution is 5.95. The number of benzene rings is 2. The number of amides is 1. The lowest BCUT2D eigenvalue weighted by molar-refractivity contribution is -0.121. The second-order valence-electron chi connectivity index (χ2n) is 6.96. The third-order valence-corrected chi connectivity index (χ3v) is 4.65. The smallest absolute Gasteiger partial charge is 0.241 e. The molecule has 1 fully saturated rings. The molecule has 0 atom stereocenters. The first kappa shape index (κ1) is 23.4. The molecule has 2 N–H and O–H groups in total. The van der Waals surface area contributed by atoms with Gasteiger partial charge in [0.2, 0.25) is 5.91 Å². The van der Waals surface area contributed by atoms with Crippen LogP contribution in [0.25, 0.3) is 0 Å². The van der Waals surface area contributed by atoms with E-state index < -0.39 is 0 Å². The Hall–Kier alpha value is -1.59. The Balaban J connectivity index is 0.00000182. The van der Waals surface area contributed by atoms with Gasteiger partial charge in [0, 0.05) is 25.3 Å². The average molecular weight is 410 g/mol. The first-order valence-corrected chi connectivity index (χ1v) is 8.94. The quantitative estimate of drug-likeness (QED) is 0.821. The fourth-order valence-corrected chi connectivity index (χ4v) is 3.54. The number of carbonyl (C=O) groups excluding carboxylic acids is 1. The van der Waals surface area contributed by atoms with Gasteiger partial charge in [-0.15, -0.1) is 24.8 Å². The summed E-state index contributed by atoms with van der Waals surface area (Å²) in [6.45, 7) is 7.72. The molecule has 2 aromatic rings. The topological polar surface area (TPSA) is 49.6 Å². The third kappa shape index (κ3) is 6.22. The Labute approximate surface area is 174 Å². The van der Waals surface area contributed by atoms with Gasteiger partial charge in [0.1, 0.15) is 0 Å². The summed E-state index contributed by atoms with van der Waals surface area (Å²) in [4.78, 5) is 16.8. The maximum absolute atomic E-state index is 12.7. The van der Waals surface area contributed by atoms with Crippen LogP contribution in [0.2, 0.25) is 0 Å². The Morgan fingerprint density at radius 1 is 0.963 bits per heavy atom. The molecule has 0 radical (unpaired) electrons. The van der Waals surface area contributed by atoms with Crippen LogP contribution in [-0.2, 0) is 17.8 Å². The van der Waals surface area contributed by atoms with Crippen molar-refractivity contribution < 1.29 is 4.79 Å². The average Bonchev–Trinajstić information content (AvgIpc) is 2.54. The number of rotatable bonds is 5. The summed E-state index contributed by atoms with van der Waals surface area (Å²) in [5.41, 5.74) is 11.6. The summed E-state index contributed by atoms with van der Waals surface area (Å²) >= 11 is 0. The highest BCUT2D eigenvalue weighted by Gasteiger charge is 2.25. The monoisotopic (exact) mass is 409 g/mol. The maximum atomic E-state index is 12.7. The van der Waals surface area contributed by atoms with Crippen molar-refractivity contribution in [1.82, 2.24) is 4.90 Å². The third-order valence-electron chi connectivity index (χ3n) is 4.65. The number of nitrogens with zero attached hydrogens (tertiary/aromatic N) is 2. The molecule has 1 saturated heterocycles. The Morgan fingerprint density at radius 2 is 1.63 bits per heavy atom. The fraction of sp³-hybridized carbons (Fsp3) is 0.381. The molecule has 27 heavy (non-hydrogen) atoms. The molecule has 0 spiro atoms. The van der Waals surface area contributed by atoms with E-state index in [-0.39, 0.29) is 30.7 Å². The van der Waals surface area contributed by atoms with Crippen LogP contribution in [0, 0.1) is 13.8 Å². The van der Waals surface area contributed by atoms with E-state index in [1.54, 1.807) is 0 Å². The summed E-state index contributed by atoms with van der Waals surface area (Å²) < 4.78 is 0. The molecular weight excluding hydrogens is 381 g/mol. The van der Waals surface area contributed by atoms with Crippen LogP contribution in [-0.4, -0.2) is 37.0 Å². The second kappa shape index (κ2) is 10.7. The minimum Gasteiger partial charge on any atom is -0.330 e. The molecule has 0 saturated carbocycles. The summed E-state index contributed by atoms with van der Waals surface area (Å²) in [5.74, 6) is 0.175. The summed E-state index contributed by atoms with van der Waals surface area (Å²) in [5, 5.41) is 0. The van der Waals surface area contributed by atoms with E-state index >= 15 is 0 Å². The molecule has 1 heterocycles. The van der Waals surface area contributed by atoms with Crippen molar-refractivity contribution in [1.29, 1.82) is 0 Å². The second-order valence-corrected chi connectivity index (χ2v) is 6.96. The number of nitrogens with two attached hydrogens (primary N) is 1. The lowest BCUT2D eigenvalue weighted by Crippen LogP contribution is -2.50. The van der Waals surface area contributed by atoms with Crippen molar-refractivity contribution in [2.24, 2.45) is 5.73 Å². The molecule has 2 aromatic carbocycles. The molecular formula is C21H29Cl2N3O. The number of hydrogen-bond donors (Lipinski definition) is 1. The van der Waals surface area contributed by atoms with Crippen molar-refractivity contribution >= 4 is 36.4 Å². The van der Waals surface area contributed by atoms with Crippen molar-refractivity contribution in [2.75, 3.05) is 31.1 Å². The van der Waals surface area contributed by atoms with E-state index in [1.807, 2.05) is 4.90 Å². The minimum atomic E-state index is 0. The molecule has 1 aliphatic rings. The highest BCUT2D eigenvalue weighted by Crippen LogP contribution is 2.21. The van der Waals surface area contributed by atoms with E-state index in [0.29, 0.717) is 13.1 Å². The lowest BCUT2D eigenvalue weighted by Gasteiger charge is -2.34. The van der Waals surface area contributed by atoms with Gasteiger partial charge in [0.25, 0.3) is 0 Å². The minimum absolute atomic E-state index is 0. The van der Waals surface area contributed by atoms with Gasteiger partial charge in [-0.1, -0.05) is 30.3 Å². The zero-order valence-electron chi connectivity index (χ0n) is 16.0. The van der Waals surface area contributed by atoms with Gasteiger partial charge in [-0.25, -0.2) is 0 Å². The number of hydrogen-bond acceptors (Lipinski definition) is 3. The Morgan fingerprint density at radius 3 is 2.26 bits per heavy atom. The molecule has 1 amide bonds. The van der Waals surface area contributed by atoms with Crippen LogP contribution >= 0.6 is 24.8 Å². The predicted molar refractivity (Wildman–Crippen MR) is 117 cm³/mol. The Kier molecular flexibility index (Phi) is 9.27. The summed E-state index contributed by atoms with van der Waals surface area (Å²) in [7, 11) is 0. The van der Waals surface area contributed by atoms with E-state index in [2.05, 4.69) is 61.2 Å². The molecule has 3 rings (SSSR count). The van der Waals surface area contributed by atoms with Gasteiger partial charge in [-0.2, -0.15) is 0 Å². The largest absolute Gasteiger partial charge is 0.330 e. The predicted octanol–water partition coefficient (Wildman–Crippen LogP) is 3.50. The van der Waals surface area contributed by atoms with Crippen molar-refractivity contribution in [2.45, 2.75) is 26.8 Å². The number of anilines is 1. The first-order chi connectivity index (χ1) is 12.0. The zero-order chi connectivity index (χ0) is 17.8. The SMILES string of the molecule is Cc1cc(C)cc(N2CCN(Cc3cccc(CCN)c3)CC2=O)c1.Cl.Cl. The lowest BCUT2D eigenvalue weighted by atomic mass is 10.1. The van der Waals surface area contributed by atoms with Gasteiger partial charge in [-0.05, 0) is 61.2 Å². The van der Waals surface area contributed by atoms with Crippen LogP contribution in [0.4, 0.5) is 5.69 Å². The van der Waals surface area contributed by atoms with Crippen LogP contribution in [0.1, 0.15) is 22.3 Å². The molecule has 0 unspecified atom stereocenters. The number of piperazine rings is 1. The molecule has 1 aliphatic heterocycles. The van der Waals surface area contributed by atoms with Gasteiger partial charge in [0.15, 0.2) is 0 Å². The van der Waals surface area contributed by atoms with Crippen molar-refractivity contribution in [3.63, 3.8) is 0 Å². The van der Waals surface area contributed by atoms with E-state index in [0.717, 1.165) is 31.7 Å². The van der Waals surface area contributed by atoms with Gasteiger partial charge in [-0.3, -0.25) is 9.69 Å². The molecule has 148 valence electrons. The van der Waals surface area contributed by atoms with Gasteiger partial charge in [0.05, 0.1) is 6.54 Å². The summed E-state index contributed by atoms with van der Waals surface area (Å²) in [6.07, 6.45) is 0.896. The number of halogens is 2. The first-order valence-electron chi connectivity index (χ1n) is 8.94. The summed E-state index contributed by atoms with van der Waals surface area (Å²) in [6, 6.07) is 14.8. The molecule has 4 nitrogen and oxygen atoms in total. The van der Waals surface area contributed by atoms with Crippen LogP contribution in [0.3, 0.4) is 0 Å². The molecule has 6 heteroatoms. The number of carbonyl (C=O) groups is 1. The fourth-order valence-electron chi connectivity index (χ4n) is 3.54. The van der Waals surface area contributed by atoms with E-state index in [9.17, 15) is 4.79 Å². The van der Waals surface area contributed by atoms with E-state index in [1.165, 1.54) is 22.3 Å². The highest BCUT2D eigenvalue weighted by atomic mass is 35.5. The number of aryl methyl sites for hydroxylation is 2. The normalized spacial score (nSPS) is 14.5.